The van der Waals surface area contributed by atoms with Crippen LogP contribution in [0.5, 0.6) is 5.75 Å². The average Bonchev–Trinajstić information content (AvgIpc) is 2.21. The molecule has 0 aromatic heterocycles. The summed E-state index contributed by atoms with van der Waals surface area (Å²) in [5.74, 6) is -0.608. The third-order valence-corrected chi connectivity index (χ3v) is 2.17. The van der Waals surface area contributed by atoms with Gasteiger partial charge >= 0.3 is 0 Å². The highest BCUT2D eigenvalue weighted by atomic mass is 35.5. The minimum absolute atomic E-state index is 0.0877. The molecule has 5 heteroatoms. The van der Waals surface area contributed by atoms with Crippen molar-refractivity contribution in [2.75, 3.05) is 20.7 Å². The molecule has 1 rings (SSSR count). The first kappa shape index (κ1) is 11.9. The minimum Gasteiger partial charge on any atom is -0.496 e. The van der Waals surface area contributed by atoms with Gasteiger partial charge in [0.05, 0.1) is 24.2 Å². The van der Waals surface area contributed by atoms with Crippen LogP contribution in [-0.4, -0.2) is 26.5 Å². The number of nitrogens with one attached hydrogen (secondary N) is 1. The highest BCUT2D eigenvalue weighted by Crippen LogP contribution is 2.26. The first-order valence-electron chi connectivity index (χ1n) is 4.31. The van der Waals surface area contributed by atoms with Gasteiger partial charge in [-0.2, -0.15) is 0 Å². The number of ketones is 1. The number of hydrogen-bond donors (Lipinski definition) is 1. The summed E-state index contributed by atoms with van der Waals surface area (Å²) < 4.78 is 18.0. The topological polar surface area (TPSA) is 38.3 Å². The van der Waals surface area contributed by atoms with E-state index < -0.39 is 5.82 Å². The van der Waals surface area contributed by atoms with E-state index in [1.807, 2.05) is 0 Å². The van der Waals surface area contributed by atoms with Crippen LogP contribution in [-0.2, 0) is 0 Å². The first-order valence-corrected chi connectivity index (χ1v) is 4.68. The lowest BCUT2D eigenvalue weighted by Crippen LogP contribution is -2.19. The number of Topliss-reactive ketones (excluding diaryl/α,β-unsaturated/α-hetero) is 1. The van der Waals surface area contributed by atoms with Gasteiger partial charge in [-0.15, -0.1) is 0 Å². The van der Waals surface area contributed by atoms with Crippen LogP contribution in [0, 0.1) is 5.82 Å². The van der Waals surface area contributed by atoms with Crippen molar-refractivity contribution < 1.29 is 13.9 Å². The Hall–Kier alpha value is -1.13. The fourth-order valence-electron chi connectivity index (χ4n) is 1.17. The summed E-state index contributed by atoms with van der Waals surface area (Å²) in [6.45, 7) is 0.151. The third-order valence-electron chi connectivity index (χ3n) is 1.88. The zero-order valence-corrected chi connectivity index (χ0v) is 9.19. The lowest BCUT2D eigenvalue weighted by molar-refractivity contribution is 0.0990. The predicted molar refractivity (Wildman–Crippen MR) is 56.2 cm³/mol. The fraction of sp³-hybridized carbons (Fsp3) is 0.300. The number of methoxy groups -OCH3 is 1. The Morgan fingerprint density at radius 1 is 1.60 bits per heavy atom. The van der Waals surface area contributed by atoms with Crippen molar-refractivity contribution in [2.45, 2.75) is 0 Å². The molecule has 0 fully saturated rings. The molecule has 0 aliphatic heterocycles. The molecule has 1 aromatic carbocycles. The Balaban J connectivity index is 3.15. The van der Waals surface area contributed by atoms with E-state index >= 15 is 0 Å². The molecule has 0 aliphatic rings. The van der Waals surface area contributed by atoms with Crippen molar-refractivity contribution in [1.29, 1.82) is 0 Å². The van der Waals surface area contributed by atoms with E-state index in [0.29, 0.717) is 0 Å². The van der Waals surface area contributed by atoms with E-state index in [1.165, 1.54) is 13.2 Å². The zero-order chi connectivity index (χ0) is 11.4. The molecule has 0 heterocycles. The van der Waals surface area contributed by atoms with Gasteiger partial charge in [-0.3, -0.25) is 4.79 Å². The average molecular weight is 232 g/mol. The van der Waals surface area contributed by atoms with Gasteiger partial charge in [0.1, 0.15) is 11.6 Å². The van der Waals surface area contributed by atoms with E-state index in [0.717, 1.165) is 6.07 Å². The second-order valence-electron chi connectivity index (χ2n) is 2.92. The fourth-order valence-corrected chi connectivity index (χ4v) is 1.33. The molecule has 0 amide bonds. The van der Waals surface area contributed by atoms with Crippen LogP contribution < -0.4 is 10.1 Å². The van der Waals surface area contributed by atoms with E-state index in [9.17, 15) is 9.18 Å². The summed E-state index contributed by atoms with van der Waals surface area (Å²) in [6.07, 6.45) is 0. The molecule has 0 radical (unpaired) electrons. The predicted octanol–water partition coefficient (Wildman–Crippen LogP) is 1.89. The van der Waals surface area contributed by atoms with Crippen molar-refractivity contribution >= 4 is 17.4 Å². The Morgan fingerprint density at radius 2 is 2.27 bits per heavy atom. The second kappa shape index (κ2) is 5.09. The van der Waals surface area contributed by atoms with Gasteiger partial charge in [-0.05, 0) is 13.1 Å². The molecule has 0 saturated heterocycles. The molecule has 0 saturated carbocycles. The van der Waals surface area contributed by atoms with Gasteiger partial charge in [0.2, 0.25) is 0 Å². The lowest BCUT2D eigenvalue weighted by Gasteiger charge is -2.08. The number of carbonyl (C=O) groups excluding carboxylic acids is 1. The molecule has 3 nitrogen and oxygen atoms in total. The van der Waals surface area contributed by atoms with Crippen LogP contribution in [0.25, 0.3) is 0 Å². The SMILES string of the molecule is CNCC(=O)c1cc(Cl)c(F)cc1OC. The van der Waals surface area contributed by atoms with Crippen molar-refractivity contribution in [3.63, 3.8) is 0 Å². The van der Waals surface area contributed by atoms with Crippen LogP contribution in [0.1, 0.15) is 10.4 Å². The molecular formula is C10H11ClFNO2. The van der Waals surface area contributed by atoms with Crippen LogP contribution >= 0.6 is 11.6 Å². The lowest BCUT2D eigenvalue weighted by atomic mass is 10.1. The smallest absolute Gasteiger partial charge is 0.180 e. The van der Waals surface area contributed by atoms with Crippen LogP contribution in [0.15, 0.2) is 12.1 Å². The summed E-state index contributed by atoms with van der Waals surface area (Å²) in [4.78, 5) is 11.6. The standard InChI is InChI=1S/C10H11ClFNO2/c1-13-5-9(14)6-3-7(11)8(12)4-10(6)15-2/h3-4,13H,5H2,1-2H3. The highest BCUT2D eigenvalue weighted by molar-refractivity contribution is 6.31. The van der Waals surface area contributed by atoms with Gasteiger partial charge in [0.15, 0.2) is 5.78 Å². The van der Waals surface area contributed by atoms with Gasteiger partial charge in [0, 0.05) is 6.07 Å². The monoisotopic (exact) mass is 231 g/mol. The summed E-state index contributed by atoms with van der Waals surface area (Å²) in [6, 6.07) is 2.38. The Kier molecular flexibility index (Phi) is 4.05. The molecule has 0 bridgehead atoms. The van der Waals surface area contributed by atoms with Crippen LogP contribution in [0.2, 0.25) is 5.02 Å². The Morgan fingerprint density at radius 3 is 2.80 bits per heavy atom. The summed E-state index contributed by atoms with van der Waals surface area (Å²) in [7, 11) is 3.02. The van der Waals surface area contributed by atoms with E-state index in [1.54, 1.807) is 7.05 Å². The van der Waals surface area contributed by atoms with Gasteiger partial charge in [0.25, 0.3) is 0 Å². The molecule has 15 heavy (non-hydrogen) atoms. The number of hydrogen-bond acceptors (Lipinski definition) is 3. The zero-order valence-electron chi connectivity index (χ0n) is 8.43. The summed E-state index contributed by atoms with van der Waals surface area (Å²) in [5.41, 5.74) is 0.276. The van der Waals surface area contributed by atoms with E-state index in [-0.39, 0.29) is 28.7 Å². The van der Waals surface area contributed by atoms with E-state index in [2.05, 4.69) is 5.32 Å². The van der Waals surface area contributed by atoms with Gasteiger partial charge in [-0.1, -0.05) is 11.6 Å². The molecule has 0 unspecified atom stereocenters. The molecule has 1 aromatic rings. The molecule has 0 spiro atoms. The summed E-state index contributed by atoms with van der Waals surface area (Å²) in [5, 5.41) is 2.62. The molecule has 0 aliphatic carbocycles. The Labute approximate surface area is 92.2 Å². The quantitative estimate of drug-likeness (QED) is 0.805. The number of likely N-dealkylation sites (N-methyl/N-ethyl adjacent to an activating group) is 1. The Bertz CT molecular complexity index is 382. The van der Waals surface area contributed by atoms with Crippen LogP contribution in [0.4, 0.5) is 4.39 Å². The minimum atomic E-state index is -0.602. The highest BCUT2D eigenvalue weighted by Gasteiger charge is 2.14. The van der Waals surface area contributed by atoms with Gasteiger partial charge < -0.3 is 10.1 Å². The third kappa shape index (κ3) is 2.67. The first-order chi connectivity index (χ1) is 7.10. The number of ether oxygens (including phenoxy) is 1. The van der Waals surface area contributed by atoms with Crippen molar-refractivity contribution in [2.24, 2.45) is 0 Å². The van der Waals surface area contributed by atoms with Crippen LogP contribution in [0.3, 0.4) is 0 Å². The maximum absolute atomic E-state index is 13.1. The molecular weight excluding hydrogens is 221 g/mol. The van der Waals surface area contributed by atoms with Crippen molar-refractivity contribution in [3.05, 3.63) is 28.5 Å². The number of benzene rings is 1. The molecule has 1 N–H and O–H groups in total. The number of halogens is 2. The van der Waals surface area contributed by atoms with Gasteiger partial charge in [-0.25, -0.2) is 4.39 Å². The van der Waals surface area contributed by atoms with Crippen molar-refractivity contribution in [1.82, 2.24) is 5.32 Å². The second-order valence-corrected chi connectivity index (χ2v) is 3.33. The maximum atomic E-state index is 13.1. The molecule has 82 valence electrons. The molecule has 0 atom stereocenters. The largest absolute Gasteiger partial charge is 0.496 e. The maximum Gasteiger partial charge on any atom is 0.180 e. The number of rotatable bonds is 4. The normalized spacial score (nSPS) is 10.1. The summed E-state index contributed by atoms with van der Waals surface area (Å²) >= 11 is 5.58. The number of carbonyl (C=O) groups is 1. The van der Waals surface area contributed by atoms with Crippen molar-refractivity contribution in [3.8, 4) is 5.75 Å². The van der Waals surface area contributed by atoms with E-state index in [4.69, 9.17) is 16.3 Å².